The molecule has 0 saturated carbocycles. The lowest BCUT2D eigenvalue weighted by molar-refractivity contribution is -0.114. The number of carbonyl (C=O) groups excluding carboxylic acids is 2. The van der Waals surface area contributed by atoms with Crippen LogP contribution in [0.15, 0.2) is 105 Å². The molecule has 3 N–H and O–H groups in total. The number of nitrogens with zero attached hydrogens (tertiary/aromatic N) is 1. The van der Waals surface area contributed by atoms with E-state index in [-0.39, 0.29) is 28.4 Å². The van der Waals surface area contributed by atoms with Crippen LogP contribution in [0.2, 0.25) is 0 Å². The Hall–Kier alpha value is -3.87. The molecule has 4 rings (SSSR count). The fourth-order valence-electron chi connectivity index (χ4n) is 3.94. The van der Waals surface area contributed by atoms with E-state index >= 15 is 4.39 Å². The Labute approximate surface area is 226 Å². The summed E-state index contributed by atoms with van der Waals surface area (Å²) in [4.78, 5) is 26.0. The zero-order valence-corrected chi connectivity index (χ0v) is 22.1. The van der Waals surface area contributed by atoms with Crippen LogP contribution in [-0.2, 0) is 9.59 Å². The van der Waals surface area contributed by atoms with Crippen molar-refractivity contribution < 1.29 is 14.0 Å². The molecule has 0 radical (unpaired) electrons. The standard InChI is InChI=1S/C28H22BrFN4O2S/c1-17-25(27(36)34-19-7-3-2-4-8-19)26(21-9-5-6-10-23(21)30)22(15-31)28(32-17)37-16-24(35)33-20-13-11-18(29)12-14-20/h2-14,26,32H,16H2,1H3,(H,33,35)(H,34,36)/t26-/m0/s1. The number of amides is 2. The van der Waals surface area contributed by atoms with Crippen molar-refractivity contribution in [2.45, 2.75) is 12.8 Å². The van der Waals surface area contributed by atoms with Crippen molar-refractivity contribution in [3.05, 3.63) is 117 Å². The number of rotatable bonds is 7. The molecule has 1 aliphatic rings. The minimum absolute atomic E-state index is 0.00634. The first-order valence-corrected chi connectivity index (χ1v) is 13.1. The quantitative estimate of drug-likeness (QED) is 0.307. The first kappa shape index (κ1) is 26.2. The first-order chi connectivity index (χ1) is 17.9. The molecule has 1 atom stereocenters. The molecular weight excluding hydrogens is 555 g/mol. The second kappa shape index (κ2) is 11.9. The average molecular weight is 577 g/mol. The van der Waals surface area contributed by atoms with Crippen molar-refractivity contribution in [3.8, 4) is 6.07 Å². The van der Waals surface area contributed by atoms with Gasteiger partial charge in [-0.3, -0.25) is 9.59 Å². The van der Waals surface area contributed by atoms with Crippen molar-refractivity contribution in [1.29, 1.82) is 5.26 Å². The molecule has 6 nitrogen and oxygen atoms in total. The minimum atomic E-state index is -0.951. The Kier molecular flexibility index (Phi) is 8.43. The fraction of sp³-hybridized carbons (Fsp3) is 0.107. The van der Waals surface area contributed by atoms with Gasteiger partial charge >= 0.3 is 0 Å². The van der Waals surface area contributed by atoms with Crippen LogP contribution in [0.1, 0.15) is 18.4 Å². The van der Waals surface area contributed by atoms with Crippen LogP contribution in [0, 0.1) is 17.1 Å². The third-order valence-electron chi connectivity index (χ3n) is 5.62. The van der Waals surface area contributed by atoms with Crippen LogP contribution in [0.3, 0.4) is 0 Å². The molecule has 0 spiro atoms. The third kappa shape index (κ3) is 6.28. The van der Waals surface area contributed by atoms with Gasteiger partial charge in [0.05, 0.1) is 28.3 Å². The van der Waals surface area contributed by atoms with Crippen LogP contribution >= 0.6 is 27.7 Å². The summed E-state index contributed by atoms with van der Waals surface area (Å²) >= 11 is 4.48. The van der Waals surface area contributed by atoms with Gasteiger partial charge in [-0.1, -0.05) is 64.1 Å². The van der Waals surface area contributed by atoms with Gasteiger partial charge in [-0.2, -0.15) is 5.26 Å². The molecule has 0 saturated heterocycles. The summed E-state index contributed by atoms with van der Waals surface area (Å²) in [6.45, 7) is 1.70. The lowest BCUT2D eigenvalue weighted by Crippen LogP contribution is -2.31. The van der Waals surface area contributed by atoms with Gasteiger partial charge < -0.3 is 16.0 Å². The van der Waals surface area contributed by atoms with Gasteiger partial charge in [-0.05, 0) is 49.4 Å². The molecule has 9 heteroatoms. The van der Waals surface area contributed by atoms with Gasteiger partial charge in [-0.25, -0.2) is 4.39 Å². The number of dihydropyridines is 1. The second-order valence-electron chi connectivity index (χ2n) is 8.14. The van der Waals surface area contributed by atoms with E-state index in [9.17, 15) is 14.9 Å². The molecule has 2 amide bonds. The van der Waals surface area contributed by atoms with E-state index in [1.165, 1.54) is 6.07 Å². The Morgan fingerprint density at radius 2 is 1.65 bits per heavy atom. The SMILES string of the molecule is CC1=C(C(=O)Nc2ccccc2)[C@@H](c2ccccc2F)C(C#N)=C(SCC(=O)Nc2ccc(Br)cc2)N1. The number of nitriles is 1. The topological polar surface area (TPSA) is 94.0 Å². The van der Waals surface area contributed by atoms with E-state index in [4.69, 9.17) is 0 Å². The van der Waals surface area contributed by atoms with E-state index in [0.717, 1.165) is 16.2 Å². The predicted molar refractivity (Wildman–Crippen MR) is 148 cm³/mol. The molecule has 3 aromatic carbocycles. The summed E-state index contributed by atoms with van der Waals surface area (Å²) in [5, 5.41) is 19.3. The van der Waals surface area contributed by atoms with Gasteiger partial charge in [0.25, 0.3) is 5.91 Å². The Bertz CT molecular complexity index is 1430. The maximum Gasteiger partial charge on any atom is 0.254 e. The number of para-hydroxylation sites is 1. The molecule has 37 heavy (non-hydrogen) atoms. The van der Waals surface area contributed by atoms with Crippen LogP contribution in [-0.4, -0.2) is 17.6 Å². The van der Waals surface area contributed by atoms with E-state index in [2.05, 4.69) is 37.9 Å². The first-order valence-electron chi connectivity index (χ1n) is 11.3. The number of anilines is 2. The van der Waals surface area contributed by atoms with E-state index < -0.39 is 17.6 Å². The van der Waals surface area contributed by atoms with Crippen LogP contribution in [0.25, 0.3) is 0 Å². The molecule has 1 heterocycles. The predicted octanol–water partition coefficient (Wildman–Crippen LogP) is 6.29. The normalized spacial score (nSPS) is 15.0. The summed E-state index contributed by atoms with van der Waals surface area (Å²) in [5.41, 5.74) is 2.28. The van der Waals surface area contributed by atoms with E-state index in [1.54, 1.807) is 61.5 Å². The average Bonchev–Trinajstić information content (AvgIpc) is 2.89. The van der Waals surface area contributed by atoms with Gasteiger partial charge in [-0.15, -0.1) is 0 Å². The zero-order chi connectivity index (χ0) is 26.4. The highest BCUT2D eigenvalue weighted by Crippen LogP contribution is 2.41. The van der Waals surface area contributed by atoms with Crippen molar-refractivity contribution in [3.63, 3.8) is 0 Å². The number of halogens is 2. The highest BCUT2D eigenvalue weighted by atomic mass is 79.9. The number of allylic oxidation sites excluding steroid dienone is 2. The zero-order valence-electron chi connectivity index (χ0n) is 19.7. The van der Waals surface area contributed by atoms with Crippen LogP contribution in [0.4, 0.5) is 15.8 Å². The fourth-order valence-corrected chi connectivity index (χ4v) is 5.09. The van der Waals surface area contributed by atoms with Gasteiger partial charge in [0.2, 0.25) is 5.91 Å². The largest absolute Gasteiger partial charge is 0.353 e. The highest BCUT2D eigenvalue weighted by molar-refractivity contribution is 9.10. The number of benzene rings is 3. The minimum Gasteiger partial charge on any atom is -0.353 e. The number of hydrogen-bond acceptors (Lipinski definition) is 5. The molecule has 0 bridgehead atoms. The summed E-state index contributed by atoms with van der Waals surface area (Å²) in [7, 11) is 0. The monoisotopic (exact) mass is 576 g/mol. The molecule has 186 valence electrons. The number of carbonyl (C=O) groups is 2. The van der Waals surface area contributed by atoms with Crippen molar-refractivity contribution in [2.24, 2.45) is 0 Å². The molecular formula is C28H22BrFN4O2S. The Balaban J connectivity index is 1.63. The van der Waals surface area contributed by atoms with Crippen LogP contribution in [0.5, 0.6) is 0 Å². The molecule has 0 fully saturated rings. The van der Waals surface area contributed by atoms with Crippen LogP contribution < -0.4 is 16.0 Å². The second-order valence-corrected chi connectivity index (χ2v) is 10.0. The maximum atomic E-state index is 15.0. The smallest absolute Gasteiger partial charge is 0.254 e. The third-order valence-corrected chi connectivity index (χ3v) is 7.16. The number of nitrogens with one attached hydrogen (secondary N) is 3. The molecule has 3 aromatic rings. The van der Waals surface area contributed by atoms with Gasteiger partial charge in [0, 0.05) is 32.7 Å². The summed E-state index contributed by atoms with van der Waals surface area (Å²) < 4.78 is 15.9. The van der Waals surface area contributed by atoms with E-state index in [0.29, 0.717) is 22.1 Å². The van der Waals surface area contributed by atoms with Crippen molar-refractivity contribution in [1.82, 2.24) is 5.32 Å². The molecule has 0 unspecified atom stereocenters. The van der Waals surface area contributed by atoms with Crippen molar-refractivity contribution in [2.75, 3.05) is 16.4 Å². The summed E-state index contributed by atoms with van der Waals surface area (Å²) in [6, 6.07) is 24.3. The highest BCUT2D eigenvalue weighted by Gasteiger charge is 2.36. The molecule has 0 aromatic heterocycles. The van der Waals surface area contributed by atoms with Crippen molar-refractivity contribution >= 4 is 50.9 Å². The lowest BCUT2D eigenvalue weighted by Gasteiger charge is -2.30. The van der Waals surface area contributed by atoms with Gasteiger partial charge in [0.1, 0.15) is 5.82 Å². The maximum absolute atomic E-state index is 15.0. The number of hydrogen-bond donors (Lipinski definition) is 3. The molecule has 0 aliphatic carbocycles. The number of thioether (sulfide) groups is 1. The van der Waals surface area contributed by atoms with E-state index in [1.807, 2.05) is 18.2 Å². The van der Waals surface area contributed by atoms with Gasteiger partial charge in [0.15, 0.2) is 0 Å². The lowest BCUT2D eigenvalue weighted by atomic mass is 9.82. The summed E-state index contributed by atoms with van der Waals surface area (Å²) in [5.74, 6) is -2.19. The Morgan fingerprint density at radius 3 is 2.32 bits per heavy atom. The molecule has 1 aliphatic heterocycles. The summed E-state index contributed by atoms with van der Waals surface area (Å²) in [6.07, 6.45) is 0. The Morgan fingerprint density at radius 1 is 1.00 bits per heavy atom.